The Morgan fingerprint density at radius 2 is 1.13 bits per heavy atom. The molecule has 6 aromatic rings. The van der Waals surface area contributed by atoms with E-state index in [1.54, 1.807) is 11.3 Å². The fourth-order valence-corrected chi connectivity index (χ4v) is 9.27. The number of hydrogen-bond donors (Lipinski definition) is 4. The second kappa shape index (κ2) is 14.0. The van der Waals surface area contributed by atoms with Gasteiger partial charge in [0.25, 0.3) is 0 Å². The molecule has 2 aliphatic rings. The first-order valence-electron chi connectivity index (χ1n) is 18.5. The van der Waals surface area contributed by atoms with E-state index in [0.717, 1.165) is 76.5 Å². The summed E-state index contributed by atoms with van der Waals surface area (Å²) in [6.07, 6.45) is 4.20. The van der Waals surface area contributed by atoms with Gasteiger partial charge in [0, 0.05) is 52.3 Å². The van der Waals surface area contributed by atoms with Crippen LogP contribution in [0.3, 0.4) is 0 Å². The molecule has 0 spiro atoms. The highest BCUT2D eigenvalue weighted by Gasteiger charge is 2.38. The fourth-order valence-electron chi connectivity index (χ4n) is 8.61. The van der Waals surface area contributed by atoms with Crippen molar-refractivity contribution >= 4 is 44.3 Å². The maximum Gasteiger partial charge on any atom is 0.192 e. The summed E-state index contributed by atoms with van der Waals surface area (Å²) >= 11 is 1.65. The zero-order valence-corrected chi connectivity index (χ0v) is 33.2. The van der Waals surface area contributed by atoms with Crippen LogP contribution in [0.5, 0.6) is 0 Å². The second-order valence-electron chi connectivity index (χ2n) is 17.3. The van der Waals surface area contributed by atoms with E-state index in [9.17, 15) is 0 Å². The predicted molar refractivity (Wildman–Crippen MR) is 216 cm³/mol. The molecule has 6 heterocycles. The van der Waals surface area contributed by atoms with E-state index < -0.39 is 0 Å². The minimum atomic E-state index is 0.0946. The number of oxazole rings is 1. The summed E-state index contributed by atoms with van der Waals surface area (Å²) in [5, 5.41) is 32.2. The Morgan fingerprint density at radius 1 is 0.623 bits per heavy atom. The van der Waals surface area contributed by atoms with E-state index in [4.69, 9.17) is 4.42 Å². The second-order valence-corrected chi connectivity index (χ2v) is 18.2. The third kappa shape index (κ3) is 9.17. The molecule has 53 heavy (non-hydrogen) atoms. The van der Waals surface area contributed by atoms with Gasteiger partial charge < -0.3 is 25.7 Å². The molecule has 2 aromatic carbocycles. The maximum atomic E-state index is 5.62. The lowest BCUT2D eigenvalue weighted by molar-refractivity contribution is 0.170. The molecular formula is C41H52N10OS. The normalized spacial score (nSPS) is 19.4. The van der Waals surface area contributed by atoms with Crippen molar-refractivity contribution in [3.63, 3.8) is 0 Å². The number of anilines is 2. The number of rotatable bonds is 6. The van der Waals surface area contributed by atoms with Gasteiger partial charge in [-0.15, -0.1) is 31.7 Å². The van der Waals surface area contributed by atoms with E-state index in [0.29, 0.717) is 18.0 Å². The van der Waals surface area contributed by atoms with E-state index in [1.807, 2.05) is 54.9 Å². The molecule has 8 rings (SSSR count). The quantitative estimate of drug-likeness (QED) is 0.131. The Labute approximate surface area is 316 Å². The molecule has 2 saturated heterocycles. The van der Waals surface area contributed by atoms with Crippen LogP contribution in [0.1, 0.15) is 87.0 Å². The molecular weight excluding hydrogens is 681 g/mol. The lowest BCUT2D eigenvalue weighted by atomic mass is 9.79. The average molecular weight is 733 g/mol. The van der Waals surface area contributed by atoms with E-state index in [1.165, 1.54) is 4.70 Å². The Bertz CT molecular complexity index is 2150. The number of aromatic nitrogens is 6. The Balaban J connectivity index is 0.000000164. The molecule has 0 atom stereocenters. The lowest BCUT2D eigenvalue weighted by Crippen LogP contribution is -2.60. The molecule has 4 N–H and O–H groups in total. The summed E-state index contributed by atoms with van der Waals surface area (Å²) in [6.45, 7) is 19.9. The van der Waals surface area contributed by atoms with Crippen molar-refractivity contribution in [2.45, 2.75) is 122 Å². The molecule has 278 valence electrons. The number of hydrogen-bond acceptors (Lipinski definition) is 12. The number of benzene rings is 2. The van der Waals surface area contributed by atoms with Crippen molar-refractivity contribution in [3.05, 3.63) is 72.1 Å². The fraction of sp³-hybridized carbons (Fsp3) is 0.463. The Kier molecular flexibility index (Phi) is 9.75. The molecule has 0 unspecified atom stereocenters. The molecule has 4 aromatic heterocycles. The van der Waals surface area contributed by atoms with Crippen molar-refractivity contribution in [1.29, 1.82) is 0 Å². The Hall–Kier alpha value is -4.52. The van der Waals surface area contributed by atoms with E-state index in [2.05, 4.69) is 125 Å². The van der Waals surface area contributed by atoms with Crippen LogP contribution in [0.15, 0.2) is 70.6 Å². The van der Waals surface area contributed by atoms with Crippen LogP contribution in [0, 0.1) is 6.92 Å². The van der Waals surface area contributed by atoms with Crippen molar-refractivity contribution in [2.75, 3.05) is 10.6 Å². The molecule has 0 aliphatic carbocycles. The van der Waals surface area contributed by atoms with E-state index >= 15 is 0 Å². The predicted octanol–water partition coefficient (Wildman–Crippen LogP) is 8.79. The number of aryl methyl sites for hydroxylation is 1. The molecule has 2 fully saturated rings. The number of nitrogens with zero attached hydrogens (tertiary/aromatic N) is 6. The number of thiazole rings is 1. The first-order valence-corrected chi connectivity index (χ1v) is 19.4. The molecule has 11 nitrogen and oxygen atoms in total. The van der Waals surface area contributed by atoms with E-state index in [-0.39, 0.29) is 22.2 Å². The third-order valence-electron chi connectivity index (χ3n) is 9.83. The highest BCUT2D eigenvalue weighted by atomic mass is 32.1. The van der Waals surface area contributed by atoms with Crippen molar-refractivity contribution in [3.8, 4) is 22.5 Å². The highest BCUT2D eigenvalue weighted by Crippen LogP contribution is 2.32. The summed E-state index contributed by atoms with van der Waals surface area (Å²) in [4.78, 5) is 8.71. The average Bonchev–Trinajstić information content (AvgIpc) is 3.67. The van der Waals surface area contributed by atoms with Gasteiger partial charge in [-0.05, 0) is 130 Å². The zero-order valence-electron chi connectivity index (χ0n) is 32.3. The van der Waals surface area contributed by atoms with Gasteiger partial charge in [-0.25, -0.2) is 9.97 Å². The van der Waals surface area contributed by atoms with Crippen LogP contribution in [-0.4, -0.2) is 64.6 Å². The molecule has 0 bridgehead atoms. The SMILES string of the molecule is CC1(C)CC(Nc2ccc(-c3ccc4scnc4c3)nn2)CC(C)(C)N1.Cc1nc2ccc(-c3ccc(NC4CC(C)(C)NC(C)(C)C4)nn3)cc2o1. The van der Waals surface area contributed by atoms with Gasteiger partial charge in [0.05, 0.1) is 27.1 Å². The molecule has 0 amide bonds. The topological polar surface area (TPSA) is 139 Å². The van der Waals surface area contributed by atoms with Crippen molar-refractivity contribution < 1.29 is 4.42 Å². The van der Waals surface area contributed by atoms with Crippen LogP contribution in [0.2, 0.25) is 0 Å². The third-order valence-corrected chi connectivity index (χ3v) is 10.6. The molecule has 0 saturated carbocycles. The first-order chi connectivity index (χ1) is 25.0. The van der Waals surface area contributed by atoms with Crippen molar-refractivity contribution in [1.82, 2.24) is 41.0 Å². The highest BCUT2D eigenvalue weighted by molar-refractivity contribution is 7.16. The van der Waals surface area contributed by atoms with Gasteiger partial charge >= 0.3 is 0 Å². The minimum Gasteiger partial charge on any atom is -0.441 e. The van der Waals surface area contributed by atoms with Crippen LogP contribution in [-0.2, 0) is 0 Å². The lowest BCUT2D eigenvalue weighted by Gasteiger charge is -2.46. The van der Waals surface area contributed by atoms with Gasteiger partial charge in [0.1, 0.15) is 17.2 Å². The van der Waals surface area contributed by atoms with Gasteiger partial charge in [0.2, 0.25) is 0 Å². The number of nitrogens with one attached hydrogen (secondary N) is 4. The zero-order chi connectivity index (χ0) is 37.6. The monoisotopic (exact) mass is 732 g/mol. The Morgan fingerprint density at radius 3 is 1.64 bits per heavy atom. The van der Waals surface area contributed by atoms with Gasteiger partial charge in [-0.3, -0.25) is 0 Å². The smallest absolute Gasteiger partial charge is 0.192 e. The summed E-state index contributed by atoms with van der Waals surface area (Å²) in [6, 6.07) is 21.0. The van der Waals surface area contributed by atoms with Crippen LogP contribution >= 0.6 is 11.3 Å². The van der Waals surface area contributed by atoms with Crippen LogP contribution < -0.4 is 21.3 Å². The summed E-state index contributed by atoms with van der Waals surface area (Å²) in [7, 11) is 0. The standard InChI is InChI=1S/C21H27N5O.C20H25N5S/c1-13-22-17-7-6-14(10-18(17)27-13)16-8-9-19(25-24-16)23-15-11-20(2,3)26-21(4,5)12-15;1-19(2)10-14(11-20(3,4)25-19)22-18-8-6-15(23-24-18)13-5-7-17-16(9-13)21-12-26-17/h6-10,15,26H,11-12H2,1-5H3,(H,23,25);5-9,12,14,25H,10-11H2,1-4H3,(H,22,24). The largest absolute Gasteiger partial charge is 0.441 e. The summed E-state index contributed by atoms with van der Waals surface area (Å²) in [5.74, 6) is 2.32. The summed E-state index contributed by atoms with van der Waals surface area (Å²) < 4.78 is 6.81. The number of fused-ring (bicyclic) bond motifs is 2. The maximum absolute atomic E-state index is 5.62. The van der Waals surface area contributed by atoms with Gasteiger partial charge in [0.15, 0.2) is 11.5 Å². The van der Waals surface area contributed by atoms with Crippen LogP contribution in [0.4, 0.5) is 11.6 Å². The van der Waals surface area contributed by atoms with Crippen LogP contribution in [0.25, 0.3) is 43.8 Å². The number of piperidine rings is 2. The van der Waals surface area contributed by atoms with Gasteiger partial charge in [-0.2, -0.15) is 0 Å². The molecule has 12 heteroatoms. The minimum absolute atomic E-state index is 0.0946. The first kappa shape index (κ1) is 36.8. The van der Waals surface area contributed by atoms with Gasteiger partial charge in [-0.1, -0.05) is 12.1 Å². The van der Waals surface area contributed by atoms with Crippen molar-refractivity contribution in [2.24, 2.45) is 0 Å². The molecule has 0 radical (unpaired) electrons. The molecule has 2 aliphatic heterocycles. The summed E-state index contributed by atoms with van der Waals surface area (Å²) in [5.41, 5.74) is 8.63.